The third kappa shape index (κ3) is 3.92. The lowest BCUT2D eigenvalue weighted by atomic mass is 9.96. The van der Waals surface area contributed by atoms with Gasteiger partial charge in [-0.1, -0.05) is 41.9 Å². The highest BCUT2D eigenvalue weighted by atomic mass is 35.5. The molecule has 0 spiro atoms. The fourth-order valence-electron chi connectivity index (χ4n) is 4.23. The van der Waals surface area contributed by atoms with Gasteiger partial charge in [-0.2, -0.15) is 0 Å². The highest BCUT2D eigenvalue weighted by Crippen LogP contribution is 2.38. The van der Waals surface area contributed by atoms with Gasteiger partial charge in [-0.15, -0.1) is 0 Å². The minimum absolute atomic E-state index is 0.0753. The molecule has 6 heteroatoms. The van der Waals surface area contributed by atoms with Crippen molar-refractivity contribution in [3.63, 3.8) is 0 Å². The van der Waals surface area contributed by atoms with Crippen LogP contribution in [0.3, 0.4) is 0 Å². The Labute approximate surface area is 191 Å². The molecule has 0 bridgehead atoms. The molecule has 164 valence electrons. The van der Waals surface area contributed by atoms with E-state index in [1.165, 1.54) is 0 Å². The Hall–Kier alpha value is -2.73. The van der Waals surface area contributed by atoms with Gasteiger partial charge in [-0.05, 0) is 49.4 Å². The molecule has 1 atom stereocenters. The average molecular weight is 449 g/mol. The van der Waals surface area contributed by atoms with E-state index in [0.717, 1.165) is 56.4 Å². The van der Waals surface area contributed by atoms with Gasteiger partial charge in [0.1, 0.15) is 5.69 Å². The van der Waals surface area contributed by atoms with Crippen LogP contribution in [0.5, 0.6) is 0 Å². The van der Waals surface area contributed by atoms with Crippen LogP contribution in [0.4, 0.5) is 0 Å². The van der Waals surface area contributed by atoms with Crippen molar-refractivity contribution in [1.29, 1.82) is 0 Å². The number of carbonyl (C=O) groups excluding carboxylic acids is 1. The summed E-state index contributed by atoms with van der Waals surface area (Å²) in [6, 6.07) is 14.1. The molecule has 5 nitrogen and oxygen atoms in total. The van der Waals surface area contributed by atoms with E-state index in [0.29, 0.717) is 12.1 Å². The molecule has 5 rings (SSSR count). The van der Waals surface area contributed by atoms with Gasteiger partial charge in [-0.25, -0.2) is 0 Å². The van der Waals surface area contributed by atoms with Crippen LogP contribution < -0.4 is 0 Å². The molecule has 0 saturated heterocycles. The second-order valence-corrected chi connectivity index (χ2v) is 8.77. The second kappa shape index (κ2) is 8.66. The third-order valence-corrected chi connectivity index (χ3v) is 6.53. The number of H-pyrrole nitrogens is 1. The number of ketones is 1. The minimum atomic E-state index is -0.387. The topological polar surface area (TPSA) is 64.2 Å². The zero-order chi connectivity index (χ0) is 22.2. The number of nitrogens with one attached hydrogen (secondary N) is 1. The van der Waals surface area contributed by atoms with Gasteiger partial charge < -0.3 is 14.5 Å². The number of ether oxygens (including phenoxy) is 2. The number of hydrogen-bond acceptors (Lipinski definition) is 4. The van der Waals surface area contributed by atoms with Crippen molar-refractivity contribution in [2.24, 2.45) is 5.92 Å². The Morgan fingerprint density at radius 1 is 1.12 bits per heavy atom. The summed E-state index contributed by atoms with van der Waals surface area (Å²) in [5, 5.41) is 2.82. The number of rotatable bonds is 8. The summed E-state index contributed by atoms with van der Waals surface area (Å²) in [7, 11) is 1.60. The normalized spacial score (nSPS) is 14.8. The molecule has 0 radical (unpaired) electrons. The van der Waals surface area contributed by atoms with E-state index in [9.17, 15) is 4.79 Å². The van der Waals surface area contributed by atoms with E-state index in [-0.39, 0.29) is 24.6 Å². The number of methoxy groups -OCH3 is 1. The molecule has 0 aliphatic heterocycles. The van der Waals surface area contributed by atoms with E-state index in [4.69, 9.17) is 21.1 Å². The van der Waals surface area contributed by atoms with Crippen LogP contribution in [0.15, 0.2) is 48.7 Å². The fourth-order valence-corrected chi connectivity index (χ4v) is 4.43. The summed E-state index contributed by atoms with van der Waals surface area (Å²) < 4.78 is 11.2. The van der Waals surface area contributed by atoms with E-state index < -0.39 is 0 Å². The summed E-state index contributed by atoms with van der Waals surface area (Å²) >= 11 is 6.46. The summed E-state index contributed by atoms with van der Waals surface area (Å²) in [5.41, 5.74) is 5.42. The van der Waals surface area contributed by atoms with Crippen molar-refractivity contribution in [3.8, 4) is 0 Å². The van der Waals surface area contributed by atoms with Crippen molar-refractivity contribution >= 4 is 39.2 Å². The van der Waals surface area contributed by atoms with Crippen LogP contribution in [0.2, 0.25) is 5.02 Å². The Morgan fingerprint density at radius 3 is 2.66 bits per heavy atom. The second-order valence-electron chi connectivity index (χ2n) is 8.36. The molecule has 0 amide bonds. The highest BCUT2D eigenvalue weighted by molar-refractivity contribution is 6.31. The summed E-state index contributed by atoms with van der Waals surface area (Å²) in [5.74, 6) is 0.180. The number of fused-ring (bicyclic) bond motifs is 3. The lowest BCUT2D eigenvalue weighted by Crippen LogP contribution is -2.14. The SMILES string of the molecule is COC(C)OCc1c(C(=O)C2CC2)ncc2[nH]c3cccc(Cc4ccccc4Cl)c3c12. The molecule has 1 aliphatic rings. The monoisotopic (exact) mass is 448 g/mol. The van der Waals surface area contributed by atoms with Gasteiger partial charge in [0.25, 0.3) is 0 Å². The van der Waals surface area contributed by atoms with Gasteiger partial charge >= 0.3 is 0 Å². The highest BCUT2D eigenvalue weighted by Gasteiger charge is 2.33. The van der Waals surface area contributed by atoms with Crippen LogP contribution in [-0.2, 0) is 22.5 Å². The van der Waals surface area contributed by atoms with Crippen LogP contribution in [0, 0.1) is 5.92 Å². The molecule has 1 fully saturated rings. The number of carbonyl (C=O) groups is 1. The molecule has 1 aliphatic carbocycles. The molecule has 2 heterocycles. The molecular weight excluding hydrogens is 424 g/mol. The first-order valence-corrected chi connectivity index (χ1v) is 11.3. The predicted molar refractivity (Wildman–Crippen MR) is 126 cm³/mol. The number of benzene rings is 2. The maximum atomic E-state index is 13.1. The zero-order valence-electron chi connectivity index (χ0n) is 18.2. The van der Waals surface area contributed by atoms with Gasteiger partial charge in [0.15, 0.2) is 12.1 Å². The minimum Gasteiger partial charge on any atom is -0.356 e. The van der Waals surface area contributed by atoms with E-state index in [2.05, 4.69) is 22.1 Å². The van der Waals surface area contributed by atoms with Crippen molar-refractivity contribution < 1.29 is 14.3 Å². The van der Waals surface area contributed by atoms with E-state index >= 15 is 0 Å². The van der Waals surface area contributed by atoms with Gasteiger partial charge in [-0.3, -0.25) is 9.78 Å². The Morgan fingerprint density at radius 2 is 1.91 bits per heavy atom. The average Bonchev–Trinajstić information content (AvgIpc) is 3.58. The Kier molecular flexibility index (Phi) is 5.72. The van der Waals surface area contributed by atoms with Crippen LogP contribution in [0.25, 0.3) is 21.8 Å². The summed E-state index contributed by atoms with van der Waals surface area (Å²) in [4.78, 5) is 21.1. The van der Waals surface area contributed by atoms with E-state index in [1.807, 2.05) is 37.3 Å². The lowest BCUT2D eigenvalue weighted by molar-refractivity contribution is -0.118. The Balaban J connectivity index is 1.71. The van der Waals surface area contributed by atoms with Gasteiger partial charge in [0, 0.05) is 39.9 Å². The molecule has 32 heavy (non-hydrogen) atoms. The smallest absolute Gasteiger partial charge is 0.184 e. The number of Topliss-reactive ketones (excluding diaryl/α,β-unsaturated/α-hetero) is 1. The largest absolute Gasteiger partial charge is 0.356 e. The molecule has 1 unspecified atom stereocenters. The zero-order valence-corrected chi connectivity index (χ0v) is 18.9. The van der Waals surface area contributed by atoms with Crippen molar-refractivity contribution in [1.82, 2.24) is 9.97 Å². The number of aromatic amines is 1. The first kappa shape index (κ1) is 21.1. The van der Waals surface area contributed by atoms with Crippen molar-refractivity contribution in [2.45, 2.75) is 39.1 Å². The Bertz CT molecular complexity index is 1310. The van der Waals surface area contributed by atoms with Gasteiger partial charge in [0.05, 0.1) is 18.3 Å². The van der Waals surface area contributed by atoms with Gasteiger partial charge in [0.2, 0.25) is 0 Å². The maximum absolute atomic E-state index is 13.1. The van der Waals surface area contributed by atoms with E-state index in [1.54, 1.807) is 13.3 Å². The third-order valence-electron chi connectivity index (χ3n) is 6.16. The number of aromatic nitrogens is 2. The molecular formula is C26H25ClN2O3. The lowest BCUT2D eigenvalue weighted by Gasteiger charge is -2.15. The van der Waals surface area contributed by atoms with Crippen LogP contribution in [0.1, 0.15) is 46.9 Å². The number of nitrogens with zero attached hydrogens (tertiary/aromatic N) is 1. The van der Waals surface area contributed by atoms with Crippen LogP contribution >= 0.6 is 11.6 Å². The molecule has 2 aromatic carbocycles. The molecule has 2 aromatic heterocycles. The number of hydrogen-bond donors (Lipinski definition) is 1. The molecule has 1 saturated carbocycles. The number of pyridine rings is 1. The van der Waals surface area contributed by atoms with Crippen LogP contribution in [-0.4, -0.2) is 29.2 Å². The number of halogens is 1. The standard InChI is InChI=1S/C26H25ClN2O3/c1-15(31-2)32-14-19-24-22(13-28-25(19)26(30)16-10-11-16)29-21-9-5-7-18(23(21)24)12-17-6-3-4-8-20(17)27/h3-9,13,15-16,29H,10-12,14H2,1-2H3. The molecule has 1 N–H and O–H groups in total. The summed E-state index contributed by atoms with van der Waals surface area (Å²) in [6.07, 6.45) is 3.93. The van der Waals surface area contributed by atoms with Crippen molar-refractivity contribution in [3.05, 3.63) is 76.1 Å². The first-order valence-electron chi connectivity index (χ1n) is 10.9. The first-order chi connectivity index (χ1) is 15.6. The maximum Gasteiger partial charge on any atom is 0.184 e. The summed E-state index contributed by atoms with van der Waals surface area (Å²) in [6.45, 7) is 2.09. The quantitative estimate of drug-likeness (QED) is 0.263. The predicted octanol–water partition coefficient (Wildman–Crippen LogP) is 6.06. The molecule has 4 aromatic rings. The fraction of sp³-hybridized carbons (Fsp3) is 0.308. The van der Waals surface area contributed by atoms with Crippen molar-refractivity contribution in [2.75, 3.05) is 7.11 Å².